The normalized spacial score (nSPS) is 16.2. The predicted octanol–water partition coefficient (Wildman–Crippen LogP) is 4.09. The Bertz CT molecular complexity index is 806. The van der Waals surface area contributed by atoms with Crippen LogP contribution >= 0.6 is 35.3 Å². The summed E-state index contributed by atoms with van der Waals surface area (Å²) in [6, 6.07) is 6.33. The summed E-state index contributed by atoms with van der Waals surface area (Å²) in [7, 11) is 0. The average molecular weight is 545 g/mol. The van der Waals surface area contributed by atoms with Gasteiger partial charge in [-0.2, -0.15) is 0 Å². The van der Waals surface area contributed by atoms with Crippen molar-refractivity contribution in [1.82, 2.24) is 15.6 Å². The maximum Gasteiger partial charge on any atom is 0.191 e. The minimum absolute atomic E-state index is 0. The van der Waals surface area contributed by atoms with Crippen LogP contribution in [0.15, 0.2) is 29.4 Å². The Morgan fingerprint density at radius 2 is 2.20 bits per heavy atom. The monoisotopic (exact) mass is 544 g/mol. The van der Waals surface area contributed by atoms with Gasteiger partial charge < -0.3 is 20.1 Å². The van der Waals surface area contributed by atoms with Crippen molar-refractivity contribution in [2.24, 2.45) is 10.9 Å². The number of halogens is 1. The van der Waals surface area contributed by atoms with Crippen molar-refractivity contribution < 1.29 is 9.47 Å². The average Bonchev–Trinajstić information content (AvgIpc) is 3.37. The molecule has 1 atom stereocenters. The molecule has 0 spiro atoms. The number of guanidine groups is 1. The summed E-state index contributed by atoms with van der Waals surface area (Å²) < 4.78 is 11.6. The molecule has 2 heterocycles. The Morgan fingerprint density at radius 1 is 1.33 bits per heavy atom. The van der Waals surface area contributed by atoms with Gasteiger partial charge in [-0.1, -0.05) is 12.1 Å². The predicted molar refractivity (Wildman–Crippen MR) is 134 cm³/mol. The number of thiazole rings is 1. The molecule has 1 fully saturated rings. The number of hydrogen-bond acceptors (Lipinski definition) is 5. The minimum atomic E-state index is 0. The molecule has 30 heavy (non-hydrogen) atoms. The third-order valence-electron chi connectivity index (χ3n) is 4.77. The van der Waals surface area contributed by atoms with Crippen LogP contribution in [0.3, 0.4) is 0 Å². The minimum Gasteiger partial charge on any atom is -0.493 e. The van der Waals surface area contributed by atoms with Gasteiger partial charge >= 0.3 is 0 Å². The fourth-order valence-corrected chi connectivity index (χ4v) is 3.95. The van der Waals surface area contributed by atoms with Crippen molar-refractivity contribution in [1.29, 1.82) is 0 Å². The summed E-state index contributed by atoms with van der Waals surface area (Å²) in [5, 5.41) is 7.87. The van der Waals surface area contributed by atoms with Gasteiger partial charge in [-0.3, -0.25) is 0 Å². The number of nitrogens with zero attached hydrogens (tertiary/aromatic N) is 2. The van der Waals surface area contributed by atoms with E-state index in [9.17, 15) is 0 Å². The maximum atomic E-state index is 6.14. The quantitative estimate of drug-likeness (QED) is 0.283. The summed E-state index contributed by atoms with van der Waals surface area (Å²) in [5.74, 6) is 2.23. The van der Waals surface area contributed by atoms with Crippen molar-refractivity contribution >= 4 is 41.3 Å². The molecular formula is C22H33IN4O2S. The van der Waals surface area contributed by atoms with Crippen molar-refractivity contribution in [2.45, 2.75) is 40.2 Å². The van der Waals surface area contributed by atoms with Crippen LogP contribution in [0.5, 0.6) is 5.75 Å². The van der Waals surface area contributed by atoms with E-state index in [4.69, 9.17) is 14.5 Å². The van der Waals surface area contributed by atoms with Gasteiger partial charge in [0.05, 0.1) is 24.8 Å². The SMILES string of the molecule is CCNC(=NCc1ccc(C)cc1OCC1CCOC1)NCCc1ncc(C)s1.I. The first kappa shape index (κ1) is 24.9. The molecule has 2 aromatic rings. The summed E-state index contributed by atoms with van der Waals surface area (Å²) >= 11 is 1.75. The van der Waals surface area contributed by atoms with E-state index >= 15 is 0 Å². The van der Waals surface area contributed by atoms with Gasteiger partial charge in [0, 0.05) is 48.7 Å². The number of aromatic nitrogens is 1. The summed E-state index contributed by atoms with van der Waals surface area (Å²) in [4.78, 5) is 10.4. The first-order valence-corrected chi connectivity index (χ1v) is 11.2. The van der Waals surface area contributed by atoms with Crippen LogP contribution in [0, 0.1) is 19.8 Å². The molecule has 0 bridgehead atoms. The lowest BCUT2D eigenvalue weighted by molar-refractivity contribution is 0.166. The first-order chi connectivity index (χ1) is 14.1. The first-order valence-electron chi connectivity index (χ1n) is 10.4. The van der Waals surface area contributed by atoms with E-state index in [1.54, 1.807) is 11.3 Å². The van der Waals surface area contributed by atoms with Gasteiger partial charge in [-0.25, -0.2) is 9.98 Å². The molecule has 0 radical (unpaired) electrons. The van der Waals surface area contributed by atoms with Gasteiger partial charge in [0.25, 0.3) is 0 Å². The van der Waals surface area contributed by atoms with Gasteiger partial charge in [0.2, 0.25) is 0 Å². The molecule has 8 heteroatoms. The van der Waals surface area contributed by atoms with Crippen LogP contribution in [0.2, 0.25) is 0 Å². The fourth-order valence-electron chi connectivity index (χ4n) is 3.16. The highest BCUT2D eigenvalue weighted by molar-refractivity contribution is 14.0. The zero-order valence-corrected chi connectivity index (χ0v) is 21.2. The molecule has 1 aromatic heterocycles. The van der Waals surface area contributed by atoms with Crippen LogP contribution in [0.25, 0.3) is 0 Å². The number of rotatable bonds is 9. The molecule has 1 saturated heterocycles. The summed E-state index contributed by atoms with van der Waals surface area (Å²) in [6.07, 6.45) is 3.90. The largest absolute Gasteiger partial charge is 0.493 e. The Kier molecular flexibility index (Phi) is 10.9. The highest BCUT2D eigenvalue weighted by atomic mass is 127. The van der Waals surface area contributed by atoms with E-state index in [0.717, 1.165) is 61.4 Å². The Morgan fingerprint density at radius 3 is 2.90 bits per heavy atom. The lowest BCUT2D eigenvalue weighted by Crippen LogP contribution is -2.38. The molecule has 1 aliphatic rings. The van der Waals surface area contributed by atoms with Gasteiger partial charge in [0.1, 0.15) is 5.75 Å². The second-order valence-corrected chi connectivity index (χ2v) is 8.71. The molecular weight excluding hydrogens is 511 g/mol. The number of nitrogens with one attached hydrogen (secondary N) is 2. The van der Waals surface area contributed by atoms with Crippen molar-refractivity contribution in [2.75, 3.05) is 32.9 Å². The Balaban J connectivity index is 0.00000320. The molecule has 6 nitrogen and oxygen atoms in total. The number of aliphatic imine (C=N–C) groups is 1. The fraction of sp³-hybridized carbons (Fsp3) is 0.545. The van der Waals surface area contributed by atoms with Crippen LogP contribution in [0.1, 0.15) is 34.4 Å². The van der Waals surface area contributed by atoms with Crippen LogP contribution in [0.4, 0.5) is 0 Å². The second-order valence-electron chi connectivity index (χ2n) is 7.39. The van der Waals surface area contributed by atoms with Gasteiger partial charge in [0.15, 0.2) is 5.96 Å². The summed E-state index contributed by atoms with van der Waals surface area (Å²) in [5.41, 5.74) is 2.29. The highest BCUT2D eigenvalue weighted by Crippen LogP contribution is 2.23. The lowest BCUT2D eigenvalue weighted by atomic mass is 10.1. The molecule has 2 N–H and O–H groups in total. The lowest BCUT2D eigenvalue weighted by Gasteiger charge is -2.15. The van der Waals surface area contributed by atoms with Crippen molar-refractivity contribution in [3.05, 3.63) is 45.4 Å². The Labute approximate surface area is 200 Å². The van der Waals surface area contributed by atoms with Gasteiger partial charge in [-0.15, -0.1) is 35.3 Å². The summed E-state index contributed by atoms with van der Waals surface area (Å²) in [6.45, 7) is 10.8. The Hall–Kier alpha value is -1.39. The maximum absolute atomic E-state index is 6.14. The second kappa shape index (κ2) is 13.1. The third-order valence-corrected chi connectivity index (χ3v) is 5.75. The molecule has 3 rings (SSSR count). The molecule has 166 valence electrons. The van der Waals surface area contributed by atoms with Crippen molar-refractivity contribution in [3.8, 4) is 5.75 Å². The van der Waals surface area contributed by atoms with Crippen molar-refractivity contribution in [3.63, 3.8) is 0 Å². The smallest absolute Gasteiger partial charge is 0.191 e. The molecule has 0 amide bonds. The van der Waals surface area contributed by atoms with Crippen LogP contribution in [-0.2, 0) is 17.7 Å². The van der Waals surface area contributed by atoms with E-state index in [1.165, 1.54) is 10.4 Å². The van der Waals surface area contributed by atoms with Crippen LogP contribution in [-0.4, -0.2) is 43.9 Å². The van der Waals surface area contributed by atoms with E-state index in [1.807, 2.05) is 6.20 Å². The standard InChI is InChI=1S/C22H32N4O2S.HI/c1-4-23-22(24-9-7-21-25-12-17(3)29-21)26-13-19-6-5-16(2)11-20(19)28-15-18-8-10-27-14-18;/h5-6,11-12,18H,4,7-10,13-15H2,1-3H3,(H2,23,24,26);1H. The van der Waals surface area contributed by atoms with E-state index in [0.29, 0.717) is 19.1 Å². The van der Waals surface area contributed by atoms with E-state index < -0.39 is 0 Å². The zero-order valence-electron chi connectivity index (χ0n) is 18.1. The topological polar surface area (TPSA) is 67.8 Å². The number of ether oxygens (including phenoxy) is 2. The number of benzene rings is 1. The third kappa shape index (κ3) is 8.03. The van der Waals surface area contributed by atoms with Gasteiger partial charge in [-0.05, 0) is 38.8 Å². The zero-order chi connectivity index (χ0) is 20.5. The molecule has 0 saturated carbocycles. The number of hydrogen-bond donors (Lipinski definition) is 2. The highest BCUT2D eigenvalue weighted by Gasteiger charge is 2.17. The molecule has 1 unspecified atom stereocenters. The van der Waals surface area contributed by atoms with Crippen LogP contribution < -0.4 is 15.4 Å². The van der Waals surface area contributed by atoms with E-state index in [-0.39, 0.29) is 24.0 Å². The molecule has 1 aliphatic heterocycles. The van der Waals surface area contributed by atoms with E-state index in [2.05, 4.69) is 54.6 Å². The number of aryl methyl sites for hydroxylation is 2. The molecule has 0 aliphatic carbocycles. The molecule has 1 aromatic carbocycles.